The van der Waals surface area contributed by atoms with Gasteiger partial charge in [0.2, 0.25) is 0 Å². The van der Waals surface area contributed by atoms with E-state index in [1.807, 2.05) is 24.7 Å². The molecule has 5 nitrogen and oxygen atoms in total. The number of aryl methyl sites for hydroxylation is 2. The first-order valence-electron chi connectivity index (χ1n) is 7.98. The van der Waals surface area contributed by atoms with Crippen LogP contribution in [0.15, 0.2) is 35.0 Å². The van der Waals surface area contributed by atoms with Crippen molar-refractivity contribution in [2.24, 2.45) is 7.05 Å². The van der Waals surface area contributed by atoms with Crippen LogP contribution in [0.1, 0.15) is 47.7 Å². The fraction of sp³-hybridized carbons (Fsp3) is 0.333. The third-order valence-electron chi connectivity index (χ3n) is 4.17. The van der Waals surface area contributed by atoms with Gasteiger partial charge < -0.3 is 14.3 Å². The molecular formula is C18H20FN3O2. The van der Waals surface area contributed by atoms with Crippen molar-refractivity contribution in [1.29, 1.82) is 0 Å². The van der Waals surface area contributed by atoms with Gasteiger partial charge in [0.15, 0.2) is 17.2 Å². The number of furan rings is 1. The Morgan fingerprint density at radius 1 is 1.46 bits per heavy atom. The summed E-state index contributed by atoms with van der Waals surface area (Å²) in [5, 5.41) is 3.58. The van der Waals surface area contributed by atoms with Gasteiger partial charge in [-0.25, -0.2) is 9.37 Å². The van der Waals surface area contributed by atoms with Crippen LogP contribution in [0.2, 0.25) is 0 Å². The summed E-state index contributed by atoms with van der Waals surface area (Å²) in [6.07, 6.45) is 5.19. The molecule has 1 atom stereocenters. The summed E-state index contributed by atoms with van der Waals surface area (Å²) in [5.41, 5.74) is 0.751. The Labute approximate surface area is 139 Å². The fourth-order valence-corrected chi connectivity index (χ4v) is 2.92. The molecule has 6 heteroatoms. The summed E-state index contributed by atoms with van der Waals surface area (Å²) in [5.74, 6) is 0.101. The van der Waals surface area contributed by atoms with E-state index in [2.05, 4.69) is 10.3 Å². The number of para-hydroxylation sites is 1. The molecular weight excluding hydrogens is 309 g/mol. The summed E-state index contributed by atoms with van der Waals surface area (Å²) < 4.78 is 21.2. The lowest BCUT2D eigenvalue weighted by atomic mass is 10.1. The second-order valence-corrected chi connectivity index (χ2v) is 5.88. The fourth-order valence-electron chi connectivity index (χ4n) is 2.92. The maximum atomic E-state index is 13.9. The van der Waals surface area contributed by atoms with Gasteiger partial charge >= 0.3 is 0 Å². The van der Waals surface area contributed by atoms with Gasteiger partial charge in [-0.05, 0) is 19.4 Å². The van der Waals surface area contributed by atoms with Gasteiger partial charge in [0.05, 0.1) is 6.04 Å². The zero-order valence-corrected chi connectivity index (χ0v) is 14.0. The first-order chi connectivity index (χ1) is 11.5. The van der Waals surface area contributed by atoms with Crippen molar-refractivity contribution in [3.8, 4) is 0 Å². The Bertz CT molecular complexity index is 882. The van der Waals surface area contributed by atoms with Gasteiger partial charge in [-0.2, -0.15) is 0 Å². The van der Waals surface area contributed by atoms with Gasteiger partial charge in [-0.15, -0.1) is 0 Å². The number of imidazole rings is 1. The van der Waals surface area contributed by atoms with Crippen LogP contribution >= 0.6 is 0 Å². The molecule has 0 fully saturated rings. The number of rotatable bonds is 5. The number of carbonyl (C=O) groups excluding carboxylic acids is 1. The highest BCUT2D eigenvalue weighted by molar-refractivity contribution is 5.99. The lowest BCUT2D eigenvalue weighted by Gasteiger charge is -2.17. The topological polar surface area (TPSA) is 60.1 Å². The normalized spacial score (nSPS) is 12.5. The van der Waals surface area contributed by atoms with Crippen LogP contribution in [-0.2, 0) is 7.05 Å². The summed E-state index contributed by atoms with van der Waals surface area (Å²) in [6, 6.07) is 4.45. The SMILES string of the molecule is CCCC(NC(=O)c1oc2c(F)cccc2c1C)c1nccn1C. The highest BCUT2D eigenvalue weighted by atomic mass is 19.1. The Hall–Kier alpha value is -2.63. The molecule has 0 spiro atoms. The maximum Gasteiger partial charge on any atom is 0.287 e. The predicted molar refractivity (Wildman–Crippen MR) is 89.2 cm³/mol. The molecule has 0 saturated heterocycles. The van der Waals surface area contributed by atoms with Crippen LogP contribution in [0.4, 0.5) is 4.39 Å². The average Bonchev–Trinajstić information content (AvgIpc) is 3.12. The molecule has 1 unspecified atom stereocenters. The Balaban J connectivity index is 1.92. The lowest BCUT2D eigenvalue weighted by Crippen LogP contribution is -2.30. The Morgan fingerprint density at radius 3 is 2.88 bits per heavy atom. The van der Waals surface area contributed by atoms with Gasteiger partial charge in [0, 0.05) is 30.4 Å². The molecule has 3 rings (SSSR count). The molecule has 0 saturated carbocycles. The number of aromatic nitrogens is 2. The van der Waals surface area contributed by atoms with E-state index in [9.17, 15) is 9.18 Å². The zero-order valence-electron chi connectivity index (χ0n) is 14.0. The molecule has 0 aliphatic heterocycles. The average molecular weight is 329 g/mol. The summed E-state index contributed by atoms with van der Waals surface area (Å²) in [7, 11) is 1.89. The van der Waals surface area contributed by atoms with E-state index in [-0.39, 0.29) is 23.3 Å². The lowest BCUT2D eigenvalue weighted by molar-refractivity contribution is 0.0905. The van der Waals surface area contributed by atoms with Crippen molar-refractivity contribution in [3.63, 3.8) is 0 Å². The third kappa shape index (κ3) is 2.79. The predicted octanol–water partition coefficient (Wildman–Crippen LogP) is 3.89. The van der Waals surface area contributed by atoms with Crippen molar-refractivity contribution >= 4 is 16.9 Å². The number of hydrogen-bond acceptors (Lipinski definition) is 3. The molecule has 2 aromatic heterocycles. The third-order valence-corrected chi connectivity index (χ3v) is 4.17. The van der Waals surface area contributed by atoms with Crippen LogP contribution in [-0.4, -0.2) is 15.5 Å². The molecule has 24 heavy (non-hydrogen) atoms. The molecule has 0 radical (unpaired) electrons. The van der Waals surface area contributed by atoms with Crippen molar-refractivity contribution in [2.45, 2.75) is 32.7 Å². The van der Waals surface area contributed by atoms with E-state index >= 15 is 0 Å². The van der Waals surface area contributed by atoms with Crippen molar-refractivity contribution in [1.82, 2.24) is 14.9 Å². The molecule has 1 N–H and O–H groups in total. The standard InChI is InChI=1S/C18H20FN3O2/c1-4-6-14(17-20-9-10-22(17)3)21-18(23)15-11(2)12-7-5-8-13(19)16(12)24-15/h5,7-10,14H,4,6H2,1-3H3,(H,21,23). The van der Waals surface area contributed by atoms with E-state index < -0.39 is 5.82 Å². The first kappa shape index (κ1) is 16.2. The van der Waals surface area contributed by atoms with E-state index in [4.69, 9.17) is 4.42 Å². The molecule has 0 aliphatic carbocycles. The van der Waals surface area contributed by atoms with Crippen LogP contribution in [0.3, 0.4) is 0 Å². The molecule has 1 amide bonds. The smallest absolute Gasteiger partial charge is 0.287 e. The molecule has 2 heterocycles. The maximum absolute atomic E-state index is 13.9. The van der Waals surface area contributed by atoms with E-state index in [1.165, 1.54) is 6.07 Å². The summed E-state index contributed by atoms with van der Waals surface area (Å²) in [6.45, 7) is 3.81. The first-order valence-corrected chi connectivity index (χ1v) is 7.98. The van der Waals surface area contributed by atoms with Crippen LogP contribution in [0.25, 0.3) is 11.0 Å². The van der Waals surface area contributed by atoms with Crippen molar-refractivity contribution in [3.05, 3.63) is 53.6 Å². The van der Waals surface area contributed by atoms with Crippen LogP contribution in [0.5, 0.6) is 0 Å². The highest BCUT2D eigenvalue weighted by Gasteiger charge is 2.24. The monoisotopic (exact) mass is 329 g/mol. The summed E-state index contributed by atoms with van der Waals surface area (Å²) in [4.78, 5) is 17.0. The van der Waals surface area contributed by atoms with Crippen molar-refractivity contribution < 1.29 is 13.6 Å². The highest BCUT2D eigenvalue weighted by Crippen LogP contribution is 2.28. The number of amides is 1. The number of hydrogen-bond donors (Lipinski definition) is 1. The Morgan fingerprint density at radius 2 is 2.25 bits per heavy atom. The van der Waals surface area contributed by atoms with E-state index in [0.717, 1.165) is 18.7 Å². The Kier molecular flexibility index (Phi) is 4.38. The van der Waals surface area contributed by atoms with Gasteiger partial charge in [0.25, 0.3) is 5.91 Å². The van der Waals surface area contributed by atoms with Gasteiger partial charge in [-0.3, -0.25) is 4.79 Å². The largest absolute Gasteiger partial charge is 0.448 e. The van der Waals surface area contributed by atoms with Gasteiger partial charge in [0.1, 0.15) is 5.82 Å². The second kappa shape index (κ2) is 6.47. The minimum Gasteiger partial charge on any atom is -0.448 e. The molecule has 126 valence electrons. The molecule has 0 bridgehead atoms. The van der Waals surface area contributed by atoms with Gasteiger partial charge in [-0.1, -0.05) is 25.5 Å². The van der Waals surface area contributed by atoms with Crippen molar-refractivity contribution in [2.75, 3.05) is 0 Å². The minimum atomic E-state index is -0.469. The summed E-state index contributed by atoms with van der Waals surface area (Å²) >= 11 is 0. The van der Waals surface area contributed by atoms with E-state index in [1.54, 1.807) is 25.3 Å². The number of benzene rings is 1. The van der Waals surface area contributed by atoms with E-state index in [0.29, 0.717) is 10.9 Å². The van der Waals surface area contributed by atoms with Crippen LogP contribution in [0, 0.1) is 12.7 Å². The van der Waals surface area contributed by atoms with Crippen LogP contribution < -0.4 is 5.32 Å². The molecule has 3 aromatic rings. The number of halogens is 1. The number of fused-ring (bicyclic) bond motifs is 1. The zero-order chi connectivity index (χ0) is 17.3. The minimum absolute atomic E-state index is 0.115. The molecule has 1 aromatic carbocycles. The molecule has 0 aliphatic rings. The quantitative estimate of drug-likeness (QED) is 0.772. The second-order valence-electron chi connectivity index (χ2n) is 5.88. The number of carbonyl (C=O) groups is 1. The number of nitrogens with one attached hydrogen (secondary N) is 1. The number of nitrogens with zero attached hydrogens (tertiary/aromatic N) is 2.